The average molecular weight is 890 g/mol. The Hall–Kier alpha value is -5.63. The van der Waals surface area contributed by atoms with E-state index in [9.17, 15) is 0 Å². The molecule has 4 heterocycles. The number of aryl methyl sites for hydroxylation is 3. The van der Waals surface area contributed by atoms with Crippen molar-refractivity contribution in [1.82, 2.24) is 29.5 Å². The van der Waals surface area contributed by atoms with Gasteiger partial charge in [0.25, 0.3) is 0 Å². The molecule has 4 aromatic rings. The van der Waals surface area contributed by atoms with Crippen LogP contribution in [0.4, 0.5) is 0 Å². The summed E-state index contributed by atoms with van der Waals surface area (Å²) >= 11 is 7.20. The summed E-state index contributed by atoms with van der Waals surface area (Å²) in [5, 5.41) is 5.49. The molecule has 0 bridgehead atoms. The van der Waals surface area contributed by atoms with Crippen molar-refractivity contribution in [2.45, 2.75) is 84.7 Å². The lowest BCUT2D eigenvalue weighted by atomic mass is 9.88. The molecule has 65 heavy (non-hydrogen) atoms. The number of hydrogen-bond acceptors (Lipinski definition) is 6. The average Bonchev–Trinajstić information content (AvgIpc) is 3.62. The molecular weight excluding hydrogens is 820 g/mol. The fourth-order valence-electron chi connectivity index (χ4n) is 10.7. The third kappa shape index (κ3) is 9.41. The summed E-state index contributed by atoms with van der Waals surface area (Å²) in [6, 6.07) is 19.6. The van der Waals surface area contributed by atoms with Crippen molar-refractivity contribution >= 4 is 44.9 Å². The third-order valence-electron chi connectivity index (χ3n) is 14.4. The van der Waals surface area contributed by atoms with Gasteiger partial charge in [-0.3, -0.25) is 4.90 Å². The quantitative estimate of drug-likeness (QED) is 0.100. The van der Waals surface area contributed by atoms with Gasteiger partial charge < -0.3 is 29.3 Å². The fraction of sp³-hybridized carbons (Fsp3) is 0.368. The Bertz CT molecular complexity index is 2620. The molecule has 0 amide bonds. The van der Waals surface area contributed by atoms with E-state index in [2.05, 4.69) is 145 Å². The summed E-state index contributed by atoms with van der Waals surface area (Å²) in [7, 11) is 2.16. The van der Waals surface area contributed by atoms with Gasteiger partial charge in [0, 0.05) is 109 Å². The predicted molar refractivity (Wildman–Crippen MR) is 277 cm³/mol. The van der Waals surface area contributed by atoms with Crippen LogP contribution in [0.1, 0.15) is 91.4 Å². The largest absolute Gasteiger partial charge is 0.487 e. The second-order valence-electron chi connectivity index (χ2n) is 18.6. The molecule has 1 atom stereocenters. The maximum atomic E-state index is 7.20. The Morgan fingerprint density at radius 2 is 1.71 bits per heavy atom. The van der Waals surface area contributed by atoms with E-state index in [1.807, 2.05) is 18.3 Å². The van der Waals surface area contributed by atoms with Gasteiger partial charge in [0.05, 0.1) is 16.6 Å². The zero-order valence-electron chi connectivity index (χ0n) is 39.5. The van der Waals surface area contributed by atoms with Gasteiger partial charge in [0.2, 0.25) is 0 Å². The number of nitrogens with one attached hydrogen (secondary N) is 1. The molecule has 1 N–H and O–H groups in total. The molecule has 8 rings (SSSR count). The minimum absolute atomic E-state index is 0.0275. The molecular formula is C57H69ClN6O. The SMILES string of the molecule is C=CN(C(=C)c1c(C)cccc1OCC(=C)N1CCN(CCn2c(C(=C)C)c(CCCCC3=CCCc4ccccc43)c3ccc(Cl)c(C4=C(C)N(C)C4)c32)CC1)C1CCC(=C)NC1=C. The van der Waals surface area contributed by atoms with E-state index in [4.69, 9.17) is 16.3 Å². The molecule has 8 heteroatoms. The molecule has 7 nitrogen and oxygen atoms in total. The van der Waals surface area contributed by atoms with Gasteiger partial charge in [-0.15, -0.1) is 0 Å². The smallest absolute Gasteiger partial charge is 0.129 e. The van der Waals surface area contributed by atoms with Crippen LogP contribution in [0.3, 0.4) is 0 Å². The van der Waals surface area contributed by atoms with Crippen LogP contribution in [0.15, 0.2) is 129 Å². The van der Waals surface area contributed by atoms with Crippen LogP contribution >= 0.6 is 11.6 Å². The highest BCUT2D eigenvalue weighted by Crippen LogP contribution is 2.43. The van der Waals surface area contributed by atoms with Crippen molar-refractivity contribution < 1.29 is 4.74 Å². The van der Waals surface area contributed by atoms with E-state index >= 15 is 0 Å². The second kappa shape index (κ2) is 19.9. The number of benzene rings is 3. The molecule has 1 aromatic heterocycles. The molecule has 1 unspecified atom stereocenters. The molecule has 1 aliphatic carbocycles. The molecule has 2 saturated heterocycles. The number of ether oxygens (including phenoxy) is 1. The summed E-state index contributed by atoms with van der Waals surface area (Å²) in [5.74, 6) is 0.790. The summed E-state index contributed by atoms with van der Waals surface area (Å²) < 4.78 is 9.15. The van der Waals surface area contributed by atoms with Crippen LogP contribution in [0.5, 0.6) is 5.75 Å². The summed E-state index contributed by atoms with van der Waals surface area (Å²) in [6.45, 7) is 39.5. The summed E-state index contributed by atoms with van der Waals surface area (Å²) in [4.78, 5) is 9.40. The number of piperazine rings is 1. The van der Waals surface area contributed by atoms with Gasteiger partial charge in [0.15, 0.2) is 0 Å². The van der Waals surface area contributed by atoms with Crippen LogP contribution in [-0.2, 0) is 19.4 Å². The Morgan fingerprint density at radius 3 is 2.43 bits per heavy atom. The Labute approximate surface area is 394 Å². The number of allylic oxidation sites excluding steroid dienone is 5. The van der Waals surface area contributed by atoms with Crippen molar-refractivity contribution in [3.8, 4) is 5.75 Å². The molecule has 0 spiro atoms. The minimum atomic E-state index is 0.0275. The maximum absolute atomic E-state index is 7.20. The first-order chi connectivity index (χ1) is 31.4. The van der Waals surface area contributed by atoms with E-state index < -0.39 is 0 Å². The van der Waals surface area contributed by atoms with Crippen molar-refractivity contribution in [3.05, 3.63) is 173 Å². The molecule has 340 valence electrons. The van der Waals surface area contributed by atoms with Crippen molar-refractivity contribution in [2.75, 3.05) is 52.9 Å². The zero-order valence-corrected chi connectivity index (χ0v) is 40.3. The van der Waals surface area contributed by atoms with E-state index in [1.54, 1.807) is 0 Å². The number of likely N-dealkylation sites (N-methyl/N-ethyl adjacent to an activating group) is 1. The van der Waals surface area contributed by atoms with Crippen LogP contribution in [-0.4, -0.2) is 83.1 Å². The number of rotatable bonds is 18. The lowest BCUT2D eigenvalue weighted by molar-refractivity contribution is 0.144. The van der Waals surface area contributed by atoms with Gasteiger partial charge in [-0.25, -0.2) is 0 Å². The number of unbranched alkanes of at least 4 members (excludes halogenated alkanes) is 1. The molecule has 2 fully saturated rings. The standard InChI is InChI=1S/C57H69ClN6O/c1-11-63(52-29-26-40(5)59-42(52)7)44(9)54-39(4)18-16-25-53(54)65-37-41(6)62-33-30-61(31-34-62)32-35-64-56(38(2)3)48(24-15-13-20-46-22-17-21-45-19-12-14-23-47(45)46)49-27-28-51(58)55(57(49)64)50-36-60(10)43(50)8/h11-12,14,16,18-19,22-23,25,27-28,52,59H,1-2,5-7,9,13,15,17,20-21,24,26,29-37H2,3-4,8,10H3. The summed E-state index contributed by atoms with van der Waals surface area (Å²) in [5.41, 5.74) is 19.1. The Kier molecular flexibility index (Phi) is 14.0. The first-order valence-corrected chi connectivity index (χ1v) is 24.0. The number of piperidine rings is 1. The van der Waals surface area contributed by atoms with Crippen molar-refractivity contribution in [1.29, 1.82) is 0 Å². The molecule has 4 aliphatic rings. The van der Waals surface area contributed by atoms with Gasteiger partial charge >= 0.3 is 0 Å². The number of halogens is 1. The third-order valence-corrected chi connectivity index (χ3v) is 14.7. The van der Waals surface area contributed by atoms with Crippen LogP contribution in [0, 0.1) is 6.92 Å². The number of nitrogens with zero attached hydrogens (tertiary/aromatic N) is 5. The van der Waals surface area contributed by atoms with E-state index in [-0.39, 0.29) is 6.04 Å². The maximum Gasteiger partial charge on any atom is 0.129 e. The lowest BCUT2D eigenvalue weighted by Crippen LogP contribution is -2.47. The van der Waals surface area contributed by atoms with Crippen molar-refractivity contribution in [3.63, 3.8) is 0 Å². The fourth-order valence-corrected chi connectivity index (χ4v) is 10.9. The number of hydrogen-bond donors (Lipinski definition) is 1. The number of aromatic nitrogens is 1. The van der Waals surface area contributed by atoms with Gasteiger partial charge in [-0.1, -0.05) is 99.6 Å². The van der Waals surface area contributed by atoms with E-state index in [0.29, 0.717) is 6.61 Å². The Balaban J connectivity index is 0.943. The minimum Gasteiger partial charge on any atom is -0.487 e. The van der Waals surface area contributed by atoms with Crippen LogP contribution < -0.4 is 10.1 Å². The van der Waals surface area contributed by atoms with Crippen molar-refractivity contribution in [2.24, 2.45) is 0 Å². The predicted octanol–water partition coefficient (Wildman–Crippen LogP) is 12.5. The first kappa shape index (κ1) is 45.9. The Morgan fingerprint density at radius 1 is 0.938 bits per heavy atom. The molecule has 0 radical (unpaired) electrons. The zero-order chi connectivity index (χ0) is 45.9. The molecule has 3 aromatic carbocycles. The molecule has 3 aliphatic heterocycles. The van der Waals surface area contributed by atoms with E-state index in [1.165, 1.54) is 55.7 Å². The highest BCUT2D eigenvalue weighted by Gasteiger charge is 2.30. The van der Waals surface area contributed by atoms with Gasteiger partial charge in [-0.2, -0.15) is 0 Å². The highest BCUT2D eigenvalue weighted by atomic mass is 35.5. The first-order valence-electron chi connectivity index (χ1n) is 23.7. The number of fused-ring (bicyclic) bond motifs is 2. The lowest BCUT2D eigenvalue weighted by Gasteiger charge is -2.38. The summed E-state index contributed by atoms with van der Waals surface area (Å²) in [6.07, 6.45) is 12.8. The van der Waals surface area contributed by atoms with Crippen LogP contribution in [0.2, 0.25) is 5.02 Å². The topological polar surface area (TPSA) is 39.2 Å². The second-order valence-corrected chi connectivity index (χ2v) is 19.0. The molecule has 0 saturated carbocycles. The van der Waals surface area contributed by atoms with E-state index in [0.717, 1.165) is 147 Å². The van der Waals surface area contributed by atoms with Gasteiger partial charge in [0.1, 0.15) is 12.4 Å². The van der Waals surface area contributed by atoms with Crippen LogP contribution in [0.25, 0.3) is 33.3 Å². The normalized spacial score (nSPS) is 17.7. The highest BCUT2D eigenvalue weighted by molar-refractivity contribution is 6.34. The monoisotopic (exact) mass is 889 g/mol. The van der Waals surface area contributed by atoms with Gasteiger partial charge in [-0.05, 0) is 124 Å².